The monoisotopic (exact) mass is 272 g/mol. The van der Waals surface area contributed by atoms with Crippen molar-refractivity contribution in [3.8, 4) is 6.07 Å². The summed E-state index contributed by atoms with van der Waals surface area (Å²) in [6, 6.07) is 7.43. The molecule has 0 N–H and O–H groups in total. The fourth-order valence-corrected chi connectivity index (χ4v) is 2.25. The number of nitrogens with zero attached hydrogens (tertiary/aromatic N) is 2. The lowest BCUT2D eigenvalue weighted by Gasteiger charge is -2.07. The molecule has 3 nitrogen and oxygen atoms in total. The van der Waals surface area contributed by atoms with Gasteiger partial charge in [0.2, 0.25) is 0 Å². The van der Waals surface area contributed by atoms with E-state index in [1.165, 1.54) is 32.1 Å². The molecule has 20 heavy (non-hydrogen) atoms. The standard InChI is InChI=1S/C17H24N2O/c1-2-3-4-5-6-7-8-12-17(20)15(14-18)16-11-9-10-13-19-16/h9-11,13,15H,2-8,12H2,1H3. The average molecular weight is 272 g/mol. The van der Waals surface area contributed by atoms with Gasteiger partial charge in [0, 0.05) is 12.6 Å². The highest BCUT2D eigenvalue weighted by atomic mass is 16.1. The van der Waals surface area contributed by atoms with Crippen molar-refractivity contribution in [3.63, 3.8) is 0 Å². The Balaban J connectivity index is 2.26. The SMILES string of the molecule is CCCCCCCCCC(=O)C(C#N)c1ccccn1. The van der Waals surface area contributed by atoms with E-state index in [4.69, 9.17) is 5.26 Å². The van der Waals surface area contributed by atoms with Crippen molar-refractivity contribution in [2.45, 2.75) is 64.2 Å². The molecule has 1 atom stereocenters. The Morgan fingerprint density at radius 2 is 1.90 bits per heavy atom. The normalized spacial score (nSPS) is 11.8. The molecule has 3 heteroatoms. The quantitative estimate of drug-likeness (QED) is 0.593. The van der Waals surface area contributed by atoms with Crippen LogP contribution >= 0.6 is 0 Å². The number of pyridine rings is 1. The van der Waals surface area contributed by atoms with Crippen LogP contribution in [-0.2, 0) is 4.79 Å². The number of Topliss-reactive ketones (excluding diaryl/α,β-unsaturated/α-hetero) is 1. The molecule has 0 amide bonds. The maximum absolute atomic E-state index is 12.0. The van der Waals surface area contributed by atoms with Crippen LogP contribution in [0.4, 0.5) is 0 Å². The molecule has 108 valence electrons. The summed E-state index contributed by atoms with van der Waals surface area (Å²) in [7, 11) is 0. The number of aromatic nitrogens is 1. The van der Waals surface area contributed by atoms with E-state index >= 15 is 0 Å². The molecular formula is C17H24N2O. The van der Waals surface area contributed by atoms with E-state index in [1.807, 2.05) is 6.07 Å². The molecule has 1 heterocycles. The van der Waals surface area contributed by atoms with Crippen molar-refractivity contribution in [2.75, 3.05) is 0 Å². The van der Waals surface area contributed by atoms with Gasteiger partial charge in [0.25, 0.3) is 0 Å². The number of carbonyl (C=O) groups excluding carboxylic acids is 1. The Bertz CT molecular complexity index is 422. The van der Waals surface area contributed by atoms with Crippen molar-refractivity contribution in [2.24, 2.45) is 0 Å². The predicted molar refractivity (Wildman–Crippen MR) is 80.2 cm³/mol. The van der Waals surface area contributed by atoms with Gasteiger partial charge >= 0.3 is 0 Å². The minimum absolute atomic E-state index is 0.000224. The number of hydrogen-bond donors (Lipinski definition) is 0. The number of ketones is 1. The molecule has 1 rings (SSSR count). The summed E-state index contributed by atoms with van der Waals surface area (Å²) in [6.45, 7) is 2.21. The lowest BCUT2D eigenvalue weighted by atomic mass is 9.96. The number of nitriles is 1. The molecule has 0 saturated heterocycles. The zero-order valence-electron chi connectivity index (χ0n) is 12.3. The van der Waals surface area contributed by atoms with Gasteiger partial charge in [-0.15, -0.1) is 0 Å². The first-order valence-electron chi connectivity index (χ1n) is 7.62. The van der Waals surface area contributed by atoms with Crippen LogP contribution in [0.1, 0.15) is 69.9 Å². The minimum Gasteiger partial charge on any atom is -0.298 e. The van der Waals surface area contributed by atoms with Crippen molar-refractivity contribution in [1.82, 2.24) is 4.98 Å². The van der Waals surface area contributed by atoms with Gasteiger partial charge in [-0.3, -0.25) is 9.78 Å². The average Bonchev–Trinajstić information content (AvgIpc) is 2.48. The first kappa shape index (κ1) is 16.4. The summed E-state index contributed by atoms with van der Waals surface area (Å²) in [6.07, 6.45) is 10.4. The molecule has 1 aromatic heterocycles. The highest BCUT2D eigenvalue weighted by Gasteiger charge is 2.20. The predicted octanol–water partition coefficient (Wildman–Crippen LogP) is 4.40. The van der Waals surface area contributed by atoms with E-state index in [9.17, 15) is 4.79 Å². The van der Waals surface area contributed by atoms with Crippen molar-refractivity contribution in [1.29, 1.82) is 5.26 Å². The van der Waals surface area contributed by atoms with E-state index < -0.39 is 5.92 Å². The van der Waals surface area contributed by atoms with Crippen molar-refractivity contribution >= 4 is 5.78 Å². The summed E-state index contributed by atoms with van der Waals surface area (Å²) in [5.41, 5.74) is 0.572. The van der Waals surface area contributed by atoms with Crippen LogP contribution in [0, 0.1) is 11.3 Å². The van der Waals surface area contributed by atoms with Gasteiger partial charge in [0.15, 0.2) is 5.78 Å². The van der Waals surface area contributed by atoms with Crippen LogP contribution in [0.15, 0.2) is 24.4 Å². The molecule has 0 radical (unpaired) electrons. The third-order valence-corrected chi connectivity index (χ3v) is 3.46. The maximum Gasteiger partial charge on any atom is 0.156 e. The highest BCUT2D eigenvalue weighted by Crippen LogP contribution is 2.17. The fraction of sp³-hybridized carbons (Fsp3) is 0.588. The van der Waals surface area contributed by atoms with Crippen LogP contribution in [0.3, 0.4) is 0 Å². The number of carbonyl (C=O) groups is 1. The summed E-state index contributed by atoms with van der Waals surface area (Å²) >= 11 is 0. The first-order valence-corrected chi connectivity index (χ1v) is 7.62. The van der Waals surface area contributed by atoms with Gasteiger partial charge in [0.05, 0.1) is 11.8 Å². The molecule has 0 aliphatic heterocycles. The highest BCUT2D eigenvalue weighted by molar-refractivity contribution is 5.87. The van der Waals surface area contributed by atoms with Crippen molar-refractivity contribution < 1.29 is 4.79 Å². The molecule has 0 saturated carbocycles. The first-order chi connectivity index (χ1) is 9.79. The van der Waals surface area contributed by atoms with Gasteiger partial charge in [0.1, 0.15) is 5.92 Å². The Hall–Kier alpha value is -1.69. The third kappa shape index (κ3) is 5.97. The molecule has 0 aliphatic rings. The van der Waals surface area contributed by atoms with Crippen LogP contribution in [0.5, 0.6) is 0 Å². The van der Waals surface area contributed by atoms with Crippen LogP contribution in [0.25, 0.3) is 0 Å². The second-order valence-corrected chi connectivity index (χ2v) is 5.15. The lowest BCUT2D eigenvalue weighted by molar-refractivity contribution is -0.119. The van der Waals surface area contributed by atoms with Gasteiger partial charge < -0.3 is 0 Å². The molecule has 1 unspecified atom stereocenters. The lowest BCUT2D eigenvalue weighted by Crippen LogP contribution is -2.11. The van der Waals surface area contributed by atoms with Gasteiger partial charge in [-0.2, -0.15) is 5.26 Å². The summed E-state index contributed by atoms with van der Waals surface area (Å²) in [5.74, 6) is -0.698. The van der Waals surface area contributed by atoms with E-state index in [1.54, 1.807) is 18.3 Å². The number of hydrogen-bond acceptors (Lipinski definition) is 3. The van der Waals surface area contributed by atoms with E-state index in [2.05, 4.69) is 18.0 Å². The molecule has 1 aromatic rings. The largest absolute Gasteiger partial charge is 0.298 e. The fourth-order valence-electron chi connectivity index (χ4n) is 2.25. The molecule has 0 bridgehead atoms. The van der Waals surface area contributed by atoms with E-state index in [0.717, 1.165) is 12.8 Å². The number of rotatable bonds is 10. The molecule has 0 fully saturated rings. The third-order valence-electron chi connectivity index (χ3n) is 3.46. The summed E-state index contributed by atoms with van der Waals surface area (Å²) in [4.78, 5) is 16.2. The van der Waals surface area contributed by atoms with Crippen molar-refractivity contribution in [3.05, 3.63) is 30.1 Å². The smallest absolute Gasteiger partial charge is 0.156 e. The van der Waals surface area contributed by atoms with E-state index in [0.29, 0.717) is 12.1 Å². The minimum atomic E-state index is -0.698. The summed E-state index contributed by atoms with van der Waals surface area (Å²) < 4.78 is 0. The Kier molecular flexibility index (Phi) is 8.30. The second-order valence-electron chi connectivity index (χ2n) is 5.15. The van der Waals surface area contributed by atoms with E-state index in [-0.39, 0.29) is 5.78 Å². The van der Waals surface area contributed by atoms with Gasteiger partial charge in [-0.05, 0) is 18.6 Å². The topological polar surface area (TPSA) is 53.8 Å². The Morgan fingerprint density at radius 1 is 1.20 bits per heavy atom. The molecule has 0 aliphatic carbocycles. The van der Waals surface area contributed by atoms with Crippen LogP contribution in [-0.4, -0.2) is 10.8 Å². The maximum atomic E-state index is 12.0. The molecule has 0 aromatic carbocycles. The van der Waals surface area contributed by atoms with Gasteiger partial charge in [-0.1, -0.05) is 51.5 Å². The zero-order valence-corrected chi connectivity index (χ0v) is 12.3. The number of unbranched alkanes of at least 4 members (excludes halogenated alkanes) is 6. The second kappa shape index (κ2) is 10.1. The Morgan fingerprint density at radius 3 is 2.50 bits per heavy atom. The van der Waals surface area contributed by atoms with Gasteiger partial charge in [-0.25, -0.2) is 0 Å². The molecule has 0 spiro atoms. The molecular weight excluding hydrogens is 248 g/mol. The van der Waals surface area contributed by atoms with Crippen LogP contribution < -0.4 is 0 Å². The zero-order chi connectivity index (χ0) is 14.6. The summed E-state index contributed by atoms with van der Waals surface area (Å²) in [5, 5.41) is 9.14. The Labute approximate surface area is 122 Å². The van der Waals surface area contributed by atoms with Crippen LogP contribution in [0.2, 0.25) is 0 Å².